The van der Waals surface area contributed by atoms with Crippen LogP contribution in [0.4, 0.5) is 0 Å². The molecule has 7 heteroatoms. The van der Waals surface area contributed by atoms with E-state index in [-0.39, 0.29) is 73.5 Å². The maximum absolute atomic E-state index is 12.0. The molecule has 0 aliphatic rings. The minimum atomic E-state index is -4.47. The molecule has 0 radical (unpaired) electrons. The molecule has 0 unspecified atom stereocenters. The van der Waals surface area contributed by atoms with Gasteiger partial charge >= 0.3 is 51.4 Å². The molecular formula is C23H31KO5S. The van der Waals surface area contributed by atoms with Crippen LogP contribution >= 0.6 is 0 Å². The molecule has 0 aliphatic heterocycles. The van der Waals surface area contributed by atoms with Gasteiger partial charge in [-0.1, -0.05) is 94.4 Å². The third kappa shape index (κ3) is 9.38. The Kier molecular flexibility index (Phi) is 13.5. The van der Waals surface area contributed by atoms with E-state index in [0.717, 1.165) is 19.3 Å². The quantitative estimate of drug-likeness (QED) is 0.283. The van der Waals surface area contributed by atoms with E-state index in [1.54, 1.807) is 24.3 Å². The number of aryl methyl sites for hydroxylation is 1. The van der Waals surface area contributed by atoms with Crippen LogP contribution in [0.25, 0.3) is 0 Å². The minimum Gasteiger partial charge on any atom is -0.870 e. The van der Waals surface area contributed by atoms with Gasteiger partial charge in [0.2, 0.25) is 0 Å². The predicted octanol–water partition coefficient (Wildman–Crippen LogP) is 2.88. The Labute approximate surface area is 223 Å². The Morgan fingerprint density at radius 3 is 2.07 bits per heavy atom. The SMILES string of the molecule is CCCCCCCCCCCc1cccc(S(=O)(=O)O)c1Oc1ccccc1[O-].[K+]. The van der Waals surface area contributed by atoms with E-state index in [2.05, 4.69) is 6.92 Å². The van der Waals surface area contributed by atoms with Gasteiger partial charge in [0, 0.05) is 0 Å². The van der Waals surface area contributed by atoms with E-state index in [0.29, 0.717) is 12.0 Å². The first-order valence-electron chi connectivity index (χ1n) is 10.5. The fourth-order valence-corrected chi connectivity index (χ4v) is 4.01. The molecule has 0 heterocycles. The fourth-order valence-electron chi connectivity index (χ4n) is 3.35. The zero-order valence-corrected chi connectivity index (χ0v) is 22.0. The predicted molar refractivity (Wildman–Crippen MR) is 113 cm³/mol. The molecule has 0 aromatic heterocycles. The summed E-state index contributed by atoms with van der Waals surface area (Å²) >= 11 is 0. The first-order chi connectivity index (χ1) is 13.9. The third-order valence-electron chi connectivity index (χ3n) is 4.95. The summed E-state index contributed by atoms with van der Waals surface area (Å²) in [5.74, 6) is -0.263. The number of para-hydroxylation sites is 3. The molecule has 2 rings (SSSR count). The smallest absolute Gasteiger partial charge is 0.870 e. The molecule has 30 heavy (non-hydrogen) atoms. The number of ether oxygens (including phenoxy) is 1. The summed E-state index contributed by atoms with van der Waals surface area (Å²) in [6.07, 6.45) is 11.3. The molecule has 0 aliphatic carbocycles. The number of hydrogen-bond donors (Lipinski definition) is 1. The van der Waals surface area contributed by atoms with E-state index in [9.17, 15) is 18.1 Å². The van der Waals surface area contributed by atoms with Crippen LogP contribution in [0.2, 0.25) is 0 Å². The van der Waals surface area contributed by atoms with Crippen molar-refractivity contribution in [3.63, 3.8) is 0 Å². The van der Waals surface area contributed by atoms with Gasteiger partial charge in [-0.25, -0.2) is 0 Å². The first kappa shape index (κ1) is 27.6. The maximum atomic E-state index is 12.0. The largest absolute Gasteiger partial charge is 1.00 e. The normalized spacial score (nSPS) is 11.1. The van der Waals surface area contributed by atoms with Crippen molar-refractivity contribution in [1.29, 1.82) is 0 Å². The van der Waals surface area contributed by atoms with Crippen LogP contribution in [0.5, 0.6) is 17.2 Å². The van der Waals surface area contributed by atoms with Gasteiger partial charge in [0.1, 0.15) is 10.6 Å². The summed E-state index contributed by atoms with van der Waals surface area (Å²) in [5.41, 5.74) is 0.673. The average molecular weight is 459 g/mol. The summed E-state index contributed by atoms with van der Waals surface area (Å²) < 4.78 is 38.9. The zero-order chi connectivity index (χ0) is 21.1. The third-order valence-corrected chi connectivity index (χ3v) is 5.83. The molecule has 0 atom stereocenters. The molecule has 0 saturated carbocycles. The Hall–Kier alpha value is -0.414. The maximum Gasteiger partial charge on any atom is 1.00 e. The number of unbranched alkanes of at least 4 members (excludes halogenated alkanes) is 8. The second-order valence-electron chi connectivity index (χ2n) is 7.35. The van der Waals surface area contributed by atoms with Crippen molar-refractivity contribution in [1.82, 2.24) is 0 Å². The van der Waals surface area contributed by atoms with E-state index in [1.165, 1.54) is 56.7 Å². The van der Waals surface area contributed by atoms with Gasteiger partial charge in [0.25, 0.3) is 10.1 Å². The van der Waals surface area contributed by atoms with Gasteiger partial charge in [-0.15, -0.1) is 0 Å². The van der Waals surface area contributed by atoms with Crippen molar-refractivity contribution >= 4 is 10.1 Å². The fraction of sp³-hybridized carbons (Fsp3) is 0.478. The second-order valence-corrected chi connectivity index (χ2v) is 8.74. The minimum absolute atomic E-state index is 0. The summed E-state index contributed by atoms with van der Waals surface area (Å²) in [7, 11) is -4.47. The average Bonchev–Trinajstić information content (AvgIpc) is 2.68. The van der Waals surface area contributed by atoms with Crippen LogP contribution in [0.15, 0.2) is 47.4 Å². The van der Waals surface area contributed by atoms with Gasteiger partial charge in [-0.3, -0.25) is 4.55 Å². The van der Waals surface area contributed by atoms with Gasteiger partial charge in [-0.2, -0.15) is 8.42 Å². The number of rotatable bonds is 13. The summed E-state index contributed by atoms with van der Waals surface area (Å²) in [6, 6.07) is 10.7. The van der Waals surface area contributed by atoms with E-state index >= 15 is 0 Å². The molecular weight excluding hydrogens is 427 g/mol. The zero-order valence-electron chi connectivity index (χ0n) is 18.1. The van der Waals surface area contributed by atoms with Crippen LogP contribution in [-0.2, 0) is 16.5 Å². The first-order valence-corrected chi connectivity index (χ1v) is 11.9. The summed E-state index contributed by atoms with van der Waals surface area (Å²) in [6.45, 7) is 2.21. The molecule has 0 bridgehead atoms. The van der Waals surface area contributed by atoms with Crippen molar-refractivity contribution in [2.75, 3.05) is 0 Å². The van der Waals surface area contributed by atoms with Crippen molar-refractivity contribution in [3.8, 4) is 17.2 Å². The van der Waals surface area contributed by atoms with Crippen LogP contribution in [-0.4, -0.2) is 13.0 Å². The van der Waals surface area contributed by atoms with Gasteiger partial charge in [0.05, 0.1) is 0 Å². The standard InChI is InChI=1S/C23H32O5S.K/c1-2-3-4-5-6-7-8-9-10-14-19-15-13-18-22(29(25,26)27)23(19)28-21-17-12-11-16-20(21)24;/h11-13,15-18,24H,2-10,14H2,1H3,(H,25,26,27);/q;+1/p-1. The summed E-state index contributed by atoms with van der Waals surface area (Å²) in [5, 5.41) is 12.0. The molecule has 0 amide bonds. The van der Waals surface area contributed by atoms with Crippen molar-refractivity contribution < 1.29 is 74.2 Å². The van der Waals surface area contributed by atoms with Crippen molar-refractivity contribution in [2.45, 2.75) is 76.0 Å². The number of benzene rings is 2. The van der Waals surface area contributed by atoms with Crippen molar-refractivity contribution in [2.24, 2.45) is 0 Å². The van der Waals surface area contributed by atoms with E-state index < -0.39 is 10.1 Å². The molecule has 1 N–H and O–H groups in total. The van der Waals surface area contributed by atoms with E-state index in [1.807, 2.05) is 0 Å². The monoisotopic (exact) mass is 458 g/mol. The Morgan fingerprint density at radius 1 is 0.867 bits per heavy atom. The van der Waals surface area contributed by atoms with Gasteiger partial charge in [-0.05, 0) is 30.5 Å². The van der Waals surface area contributed by atoms with Crippen LogP contribution in [0.3, 0.4) is 0 Å². The Morgan fingerprint density at radius 2 is 1.47 bits per heavy atom. The Balaban J connectivity index is 0.00000450. The Bertz CT molecular complexity index is 868. The molecule has 0 saturated heterocycles. The molecule has 2 aromatic rings. The van der Waals surface area contributed by atoms with Crippen LogP contribution in [0, 0.1) is 0 Å². The molecule has 5 nitrogen and oxygen atoms in total. The summed E-state index contributed by atoms with van der Waals surface area (Å²) in [4.78, 5) is -0.311. The molecule has 160 valence electrons. The second kappa shape index (κ2) is 14.6. The topological polar surface area (TPSA) is 86.7 Å². The van der Waals surface area contributed by atoms with E-state index in [4.69, 9.17) is 4.74 Å². The molecule has 0 fully saturated rings. The molecule has 2 aromatic carbocycles. The van der Waals surface area contributed by atoms with Gasteiger partial charge in [0.15, 0.2) is 5.75 Å². The van der Waals surface area contributed by atoms with Crippen LogP contribution < -0.4 is 61.2 Å². The van der Waals surface area contributed by atoms with Crippen LogP contribution in [0.1, 0.15) is 70.3 Å². The van der Waals surface area contributed by atoms with Crippen molar-refractivity contribution in [3.05, 3.63) is 48.0 Å². The molecule has 0 spiro atoms. The van der Waals surface area contributed by atoms with Gasteiger partial charge < -0.3 is 9.84 Å². The number of hydrogen-bond acceptors (Lipinski definition) is 4.